The zero-order valence-corrected chi connectivity index (χ0v) is 20.5. The van der Waals surface area contributed by atoms with Crippen LogP contribution >= 0.6 is 11.6 Å². The van der Waals surface area contributed by atoms with E-state index in [9.17, 15) is 17.6 Å². The molecule has 3 aromatic rings. The summed E-state index contributed by atoms with van der Waals surface area (Å²) in [5, 5.41) is 4.53. The predicted molar refractivity (Wildman–Crippen MR) is 127 cm³/mol. The summed E-state index contributed by atoms with van der Waals surface area (Å²) in [5.74, 6) is -0.715. The van der Waals surface area contributed by atoms with Crippen molar-refractivity contribution >= 4 is 38.9 Å². The molecule has 11 heteroatoms. The molecule has 2 fully saturated rings. The van der Waals surface area contributed by atoms with Gasteiger partial charge in [0, 0.05) is 24.7 Å². The maximum Gasteiger partial charge on any atom is 0.256 e. The number of anilines is 1. The summed E-state index contributed by atoms with van der Waals surface area (Å²) >= 11 is 6.13. The molecule has 0 radical (unpaired) electrons. The van der Waals surface area contributed by atoms with Gasteiger partial charge < -0.3 is 4.90 Å². The molecule has 180 valence electrons. The molecule has 1 aromatic carbocycles. The van der Waals surface area contributed by atoms with Gasteiger partial charge in [-0.25, -0.2) is 22.3 Å². The number of nitrogens with zero attached hydrogens (tertiary/aromatic N) is 4. The Kier molecular flexibility index (Phi) is 5.76. The summed E-state index contributed by atoms with van der Waals surface area (Å²) in [6.07, 6.45) is 7.58. The fourth-order valence-electron chi connectivity index (χ4n) is 4.64. The number of piperidine rings is 1. The summed E-state index contributed by atoms with van der Waals surface area (Å²) in [7, 11) is -3.74. The van der Waals surface area contributed by atoms with Crippen LogP contribution in [0.4, 0.5) is 10.1 Å². The zero-order valence-electron chi connectivity index (χ0n) is 18.9. The van der Waals surface area contributed by atoms with Crippen molar-refractivity contribution in [2.75, 3.05) is 17.5 Å². The molecule has 1 saturated heterocycles. The van der Waals surface area contributed by atoms with E-state index in [0.29, 0.717) is 24.6 Å². The van der Waals surface area contributed by atoms with Gasteiger partial charge in [-0.3, -0.25) is 9.52 Å². The molecule has 1 aliphatic carbocycles. The van der Waals surface area contributed by atoms with Crippen molar-refractivity contribution < 1.29 is 17.6 Å². The number of carbonyl (C=O) groups is 1. The van der Waals surface area contributed by atoms with Crippen LogP contribution in [0.1, 0.15) is 71.4 Å². The number of hydrogen-bond acceptors (Lipinski definition) is 5. The van der Waals surface area contributed by atoms with Gasteiger partial charge >= 0.3 is 0 Å². The number of sulfonamides is 1. The van der Waals surface area contributed by atoms with E-state index in [-0.39, 0.29) is 22.3 Å². The van der Waals surface area contributed by atoms with Crippen molar-refractivity contribution in [3.05, 3.63) is 57.8 Å². The van der Waals surface area contributed by atoms with Gasteiger partial charge in [0.2, 0.25) is 10.0 Å². The third-order valence-electron chi connectivity index (χ3n) is 6.33. The largest absolute Gasteiger partial charge is 0.330 e. The Labute approximate surface area is 202 Å². The molecule has 3 heterocycles. The van der Waals surface area contributed by atoms with E-state index in [2.05, 4.69) is 4.72 Å². The van der Waals surface area contributed by atoms with Crippen LogP contribution in [-0.4, -0.2) is 46.6 Å². The van der Waals surface area contributed by atoms with Gasteiger partial charge in [0.1, 0.15) is 5.82 Å². The van der Waals surface area contributed by atoms with Gasteiger partial charge in [0.15, 0.2) is 5.65 Å². The number of rotatable bonds is 5. The van der Waals surface area contributed by atoms with E-state index < -0.39 is 21.7 Å². The van der Waals surface area contributed by atoms with E-state index in [1.165, 1.54) is 0 Å². The van der Waals surface area contributed by atoms with E-state index in [0.717, 1.165) is 61.0 Å². The number of amides is 1. The minimum atomic E-state index is -3.74. The van der Waals surface area contributed by atoms with Gasteiger partial charge in [-0.2, -0.15) is 5.10 Å². The minimum absolute atomic E-state index is 0.124. The highest BCUT2D eigenvalue weighted by Crippen LogP contribution is 2.41. The average Bonchev–Trinajstić information content (AvgIpc) is 3.53. The molecular weight excluding hydrogens is 481 g/mol. The number of nitrogens with one attached hydrogen (secondary N) is 1. The van der Waals surface area contributed by atoms with Crippen molar-refractivity contribution in [1.82, 2.24) is 19.5 Å². The molecule has 1 saturated carbocycles. The summed E-state index contributed by atoms with van der Waals surface area (Å²) in [6.45, 7) is 2.46. The third kappa shape index (κ3) is 4.48. The Morgan fingerprint density at radius 2 is 1.97 bits per heavy atom. The highest BCUT2D eigenvalue weighted by Gasteiger charge is 2.33. The Bertz CT molecular complexity index is 1400. The average molecular weight is 506 g/mol. The lowest BCUT2D eigenvalue weighted by Gasteiger charge is -2.35. The van der Waals surface area contributed by atoms with Gasteiger partial charge in [-0.1, -0.05) is 11.6 Å². The van der Waals surface area contributed by atoms with Crippen molar-refractivity contribution in [3.63, 3.8) is 0 Å². The van der Waals surface area contributed by atoms with Crippen LogP contribution in [-0.2, 0) is 10.0 Å². The van der Waals surface area contributed by atoms with Crippen LogP contribution in [0, 0.1) is 12.7 Å². The molecule has 0 unspecified atom stereocenters. The second-order valence-corrected chi connectivity index (χ2v) is 11.3. The van der Waals surface area contributed by atoms with Crippen LogP contribution in [0.25, 0.3) is 5.65 Å². The normalized spacial score (nSPS) is 18.9. The highest BCUT2D eigenvalue weighted by molar-refractivity contribution is 7.92. The minimum Gasteiger partial charge on any atom is -0.330 e. The molecule has 2 aliphatic rings. The second kappa shape index (κ2) is 8.49. The maximum atomic E-state index is 14.2. The molecule has 0 spiro atoms. The standard InChI is InChI=1S/C23H25ClFN5O3S/c1-13-12-30-20(26-21(13)14-6-7-14)11-18(27-30)19-5-3-4-8-29(19)23(31)16-9-15(25)10-17(24)22(16)28-34(2,32)33/h9-12,14,19,28H,3-8H2,1-2H3/t19-/m0/s1. The number of fused-ring (bicyclic) bond motifs is 1. The summed E-state index contributed by atoms with van der Waals surface area (Å²) in [6, 6.07) is 3.55. The molecule has 1 atom stereocenters. The third-order valence-corrected chi connectivity index (χ3v) is 7.20. The monoisotopic (exact) mass is 505 g/mol. The zero-order chi connectivity index (χ0) is 24.2. The molecule has 1 amide bonds. The first-order valence-electron chi connectivity index (χ1n) is 11.3. The Morgan fingerprint density at radius 1 is 1.21 bits per heavy atom. The van der Waals surface area contributed by atoms with Crippen LogP contribution in [0.15, 0.2) is 24.4 Å². The first kappa shape index (κ1) is 23.0. The summed E-state index contributed by atoms with van der Waals surface area (Å²) in [4.78, 5) is 20.1. The lowest BCUT2D eigenvalue weighted by atomic mass is 9.98. The fourth-order valence-corrected chi connectivity index (χ4v) is 5.54. The molecule has 34 heavy (non-hydrogen) atoms. The first-order valence-corrected chi connectivity index (χ1v) is 13.5. The first-order chi connectivity index (χ1) is 16.1. The molecule has 1 aliphatic heterocycles. The molecule has 8 nitrogen and oxygen atoms in total. The maximum absolute atomic E-state index is 14.2. The van der Waals surface area contributed by atoms with E-state index >= 15 is 0 Å². The number of aromatic nitrogens is 3. The lowest BCUT2D eigenvalue weighted by molar-refractivity contribution is 0.0606. The molecular formula is C23H25ClFN5O3S. The summed E-state index contributed by atoms with van der Waals surface area (Å²) in [5.41, 5.74) is 3.37. The van der Waals surface area contributed by atoms with E-state index in [4.69, 9.17) is 21.7 Å². The molecule has 5 rings (SSSR count). The topological polar surface area (TPSA) is 96.7 Å². The number of carbonyl (C=O) groups excluding carboxylic acids is 1. The van der Waals surface area contributed by atoms with Crippen molar-refractivity contribution in [2.45, 2.75) is 51.0 Å². The van der Waals surface area contributed by atoms with E-state index in [1.807, 2.05) is 19.2 Å². The van der Waals surface area contributed by atoms with Crippen LogP contribution in [0.2, 0.25) is 5.02 Å². The second-order valence-electron chi connectivity index (χ2n) is 9.15. The van der Waals surface area contributed by atoms with Crippen molar-refractivity contribution in [1.29, 1.82) is 0 Å². The Balaban J connectivity index is 1.53. The highest BCUT2D eigenvalue weighted by atomic mass is 35.5. The fraction of sp³-hybridized carbons (Fsp3) is 0.435. The number of halogens is 2. The molecule has 2 aromatic heterocycles. The van der Waals surface area contributed by atoms with Gasteiger partial charge in [-0.05, 0) is 56.7 Å². The van der Waals surface area contributed by atoms with Crippen LogP contribution in [0.5, 0.6) is 0 Å². The molecule has 0 bridgehead atoms. The van der Waals surface area contributed by atoms with Gasteiger partial charge in [-0.15, -0.1) is 0 Å². The molecule has 1 N–H and O–H groups in total. The SMILES string of the molecule is Cc1cn2nc([C@@H]3CCCCN3C(=O)c3cc(F)cc(Cl)c3NS(C)(=O)=O)cc2nc1C1CC1. The number of likely N-dealkylation sites (tertiary alicyclic amines) is 1. The van der Waals surface area contributed by atoms with Crippen LogP contribution in [0.3, 0.4) is 0 Å². The van der Waals surface area contributed by atoms with Gasteiger partial charge in [0.25, 0.3) is 5.91 Å². The van der Waals surface area contributed by atoms with Gasteiger partial charge in [0.05, 0.1) is 40.0 Å². The number of hydrogen-bond donors (Lipinski definition) is 1. The van der Waals surface area contributed by atoms with Crippen molar-refractivity contribution in [2.24, 2.45) is 0 Å². The smallest absolute Gasteiger partial charge is 0.256 e. The number of aryl methyl sites for hydroxylation is 1. The quantitative estimate of drug-likeness (QED) is 0.552. The summed E-state index contributed by atoms with van der Waals surface area (Å²) < 4.78 is 42.0. The number of benzene rings is 1. The van der Waals surface area contributed by atoms with Crippen LogP contribution < -0.4 is 4.72 Å². The van der Waals surface area contributed by atoms with Crippen molar-refractivity contribution in [3.8, 4) is 0 Å². The Hall–Kier alpha value is -2.72. The van der Waals surface area contributed by atoms with E-state index in [1.54, 1.807) is 9.42 Å². The lowest BCUT2D eigenvalue weighted by Crippen LogP contribution is -2.39. The Morgan fingerprint density at radius 3 is 2.68 bits per heavy atom. The predicted octanol–water partition coefficient (Wildman–Crippen LogP) is 4.45.